The van der Waals surface area contributed by atoms with Crippen molar-refractivity contribution in [3.8, 4) is 5.75 Å². The molecule has 10 heteroatoms. The summed E-state index contributed by atoms with van der Waals surface area (Å²) >= 11 is 0. The highest BCUT2D eigenvalue weighted by Gasteiger charge is 2.45. The number of aryl methyl sites for hydroxylation is 2. The van der Waals surface area contributed by atoms with Gasteiger partial charge in [0.05, 0.1) is 17.1 Å². The van der Waals surface area contributed by atoms with E-state index >= 15 is 0 Å². The molecule has 0 saturated heterocycles. The minimum atomic E-state index is -4.94. The minimum absolute atomic E-state index is 0.530. The van der Waals surface area contributed by atoms with Gasteiger partial charge in [0.15, 0.2) is 17.2 Å². The number of aromatic nitrogens is 4. The minimum Gasteiger partial charge on any atom is -0.403 e. The van der Waals surface area contributed by atoms with E-state index in [9.17, 15) is 17.6 Å². The van der Waals surface area contributed by atoms with Crippen LogP contribution in [0.5, 0.6) is 5.75 Å². The molecule has 0 spiro atoms. The summed E-state index contributed by atoms with van der Waals surface area (Å²) in [4.78, 5) is 8.76. The number of ether oxygens (including phenoxy) is 1. The van der Waals surface area contributed by atoms with Crippen molar-refractivity contribution in [1.82, 2.24) is 19.7 Å². The smallest absolute Gasteiger partial charge is 0.403 e. The molecule has 6 nitrogen and oxygen atoms in total. The molecule has 2 aromatic heterocycles. The van der Waals surface area contributed by atoms with Crippen LogP contribution in [0.25, 0.3) is 11.0 Å². The molecule has 0 bridgehead atoms. The van der Waals surface area contributed by atoms with Crippen molar-refractivity contribution in [2.75, 3.05) is 5.32 Å². The molecule has 1 saturated carbocycles. The van der Waals surface area contributed by atoms with Crippen LogP contribution in [-0.2, 0) is 12.6 Å². The van der Waals surface area contributed by atoms with Gasteiger partial charge in [-0.05, 0) is 37.5 Å². The Labute approximate surface area is 151 Å². The van der Waals surface area contributed by atoms with Gasteiger partial charge in [-0.25, -0.2) is 14.4 Å². The Kier molecular flexibility index (Phi) is 3.76. The normalized spacial score (nSPS) is 15.8. The molecule has 1 fully saturated rings. The van der Waals surface area contributed by atoms with E-state index in [4.69, 9.17) is 0 Å². The molecule has 1 N–H and O–H groups in total. The number of fused-ring (bicyclic) bond motifs is 1. The third kappa shape index (κ3) is 3.26. The van der Waals surface area contributed by atoms with Crippen molar-refractivity contribution < 1.29 is 22.3 Å². The van der Waals surface area contributed by atoms with Crippen molar-refractivity contribution in [2.45, 2.75) is 31.7 Å². The van der Waals surface area contributed by atoms with Crippen molar-refractivity contribution in [2.24, 2.45) is 7.05 Å². The highest BCUT2D eigenvalue weighted by Crippen LogP contribution is 2.49. The molecule has 2 heterocycles. The lowest BCUT2D eigenvalue weighted by Crippen LogP contribution is -2.21. The van der Waals surface area contributed by atoms with E-state index in [-0.39, 0.29) is 0 Å². The number of rotatable bonds is 4. The molecule has 142 valence electrons. The number of alkyl halides is 3. The summed E-state index contributed by atoms with van der Waals surface area (Å²) in [6.07, 6.45) is -1.93. The Bertz CT molecular complexity index is 1030. The first-order valence-corrected chi connectivity index (χ1v) is 8.17. The topological polar surface area (TPSA) is 64.9 Å². The van der Waals surface area contributed by atoms with Crippen LogP contribution < -0.4 is 10.1 Å². The highest BCUT2D eigenvalue weighted by atomic mass is 19.4. The van der Waals surface area contributed by atoms with E-state index in [1.807, 2.05) is 0 Å². The van der Waals surface area contributed by atoms with Crippen LogP contribution in [0.3, 0.4) is 0 Å². The van der Waals surface area contributed by atoms with Crippen molar-refractivity contribution in [3.05, 3.63) is 41.6 Å². The summed E-state index contributed by atoms with van der Waals surface area (Å²) in [5, 5.41) is 8.19. The molecule has 1 aromatic carbocycles. The second-order valence-corrected chi connectivity index (χ2v) is 6.52. The second kappa shape index (κ2) is 5.80. The van der Waals surface area contributed by atoms with E-state index in [1.165, 1.54) is 6.07 Å². The van der Waals surface area contributed by atoms with Crippen LogP contribution in [0.1, 0.15) is 24.2 Å². The molecule has 1 aliphatic carbocycles. The maximum absolute atomic E-state index is 14.1. The molecular weight excluding hydrogens is 366 g/mol. The predicted molar refractivity (Wildman–Crippen MR) is 88.7 cm³/mol. The number of anilines is 1. The lowest BCUT2D eigenvalue weighted by atomic mass is 10.0. The molecule has 1 aliphatic rings. The monoisotopic (exact) mass is 381 g/mol. The highest BCUT2D eigenvalue weighted by molar-refractivity contribution is 5.87. The van der Waals surface area contributed by atoms with Crippen LogP contribution in [-0.4, -0.2) is 26.1 Å². The lowest BCUT2D eigenvalue weighted by Gasteiger charge is -2.20. The summed E-state index contributed by atoms with van der Waals surface area (Å²) in [6.45, 7) is 1.75. The van der Waals surface area contributed by atoms with Gasteiger partial charge >= 0.3 is 6.36 Å². The van der Waals surface area contributed by atoms with E-state index in [2.05, 4.69) is 25.1 Å². The van der Waals surface area contributed by atoms with E-state index in [0.717, 1.165) is 12.1 Å². The summed E-state index contributed by atoms with van der Waals surface area (Å²) < 4.78 is 56.4. The Morgan fingerprint density at radius 1 is 1.22 bits per heavy atom. The third-order valence-corrected chi connectivity index (χ3v) is 4.52. The zero-order valence-electron chi connectivity index (χ0n) is 14.4. The third-order valence-electron chi connectivity index (χ3n) is 4.52. The van der Waals surface area contributed by atoms with Gasteiger partial charge in [-0.1, -0.05) is 6.07 Å². The predicted octanol–water partition coefficient (Wildman–Crippen LogP) is 3.81. The number of hydrogen-bond acceptors (Lipinski definition) is 5. The van der Waals surface area contributed by atoms with Crippen LogP contribution in [0.2, 0.25) is 0 Å². The molecule has 0 atom stereocenters. The lowest BCUT2D eigenvalue weighted by molar-refractivity contribution is -0.275. The SMILES string of the molecule is Cc1nc(NC2(c3ccc(OC(F)(F)F)c(F)c3)CC2)c2cnn(C)c2n1. The van der Waals surface area contributed by atoms with Crippen molar-refractivity contribution in [1.29, 1.82) is 0 Å². The molecule has 0 unspecified atom stereocenters. The van der Waals surface area contributed by atoms with Gasteiger partial charge in [0, 0.05) is 7.05 Å². The first kappa shape index (κ1) is 17.5. The first-order chi connectivity index (χ1) is 12.7. The van der Waals surface area contributed by atoms with Crippen molar-refractivity contribution in [3.63, 3.8) is 0 Å². The largest absolute Gasteiger partial charge is 0.573 e. The summed E-state index contributed by atoms with van der Waals surface area (Å²) in [6, 6.07) is 3.49. The molecular formula is C17H15F4N5O. The molecule has 27 heavy (non-hydrogen) atoms. The molecule has 3 aromatic rings. The summed E-state index contributed by atoms with van der Waals surface area (Å²) in [5.41, 5.74) is 0.588. The van der Waals surface area contributed by atoms with E-state index in [0.29, 0.717) is 41.1 Å². The van der Waals surface area contributed by atoms with Crippen LogP contribution in [0.4, 0.5) is 23.4 Å². The summed E-state index contributed by atoms with van der Waals surface area (Å²) in [5.74, 6) is -0.818. The maximum atomic E-state index is 14.1. The number of halogens is 4. The van der Waals surface area contributed by atoms with Crippen LogP contribution in [0, 0.1) is 12.7 Å². The van der Waals surface area contributed by atoms with Crippen LogP contribution in [0.15, 0.2) is 24.4 Å². The molecule has 0 radical (unpaired) electrons. The van der Waals surface area contributed by atoms with Crippen LogP contribution >= 0.6 is 0 Å². The van der Waals surface area contributed by atoms with Gasteiger partial charge in [-0.3, -0.25) is 4.68 Å². The Balaban J connectivity index is 1.67. The number of hydrogen-bond donors (Lipinski definition) is 1. The standard InChI is InChI=1S/C17H15F4N5O/c1-9-23-14(11-8-22-26(2)15(11)24-9)25-16(5-6-16)10-3-4-13(12(18)7-10)27-17(19,20)21/h3-4,7-8H,5-6H2,1-2H3,(H,23,24,25). The Hall–Kier alpha value is -2.91. The van der Waals surface area contributed by atoms with Gasteiger partial charge in [0.1, 0.15) is 11.6 Å². The van der Waals surface area contributed by atoms with Gasteiger partial charge in [0.25, 0.3) is 0 Å². The Morgan fingerprint density at radius 2 is 1.96 bits per heavy atom. The number of nitrogens with zero attached hydrogens (tertiary/aromatic N) is 4. The summed E-state index contributed by atoms with van der Waals surface area (Å²) in [7, 11) is 1.76. The molecule has 0 amide bonds. The number of nitrogens with one attached hydrogen (secondary N) is 1. The quantitative estimate of drug-likeness (QED) is 0.697. The second-order valence-electron chi connectivity index (χ2n) is 6.52. The fourth-order valence-electron chi connectivity index (χ4n) is 3.07. The average molecular weight is 381 g/mol. The van der Waals surface area contributed by atoms with E-state index in [1.54, 1.807) is 24.9 Å². The average Bonchev–Trinajstić information content (AvgIpc) is 3.25. The number of benzene rings is 1. The fraction of sp³-hybridized carbons (Fsp3) is 0.353. The zero-order valence-corrected chi connectivity index (χ0v) is 14.4. The molecule has 0 aliphatic heterocycles. The van der Waals surface area contributed by atoms with E-state index < -0.39 is 23.5 Å². The van der Waals surface area contributed by atoms with Gasteiger partial charge < -0.3 is 10.1 Å². The fourth-order valence-corrected chi connectivity index (χ4v) is 3.07. The van der Waals surface area contributed by atoms with Gasteiger partial charge in [-0.2, -0.15) is 5.10 Å². The van der Waals surface area contributed by atoms with Gasteiger partial charge in [0.2, 0.25) is 0 Å². The first-order valence-electron chi connectivity index (χ1n) is 8.17. The Morgan fingerprint density at radius 3 is 2.59 bits per heavy atom. The van der Waals surface area contributed by atoms with Gasteiger partial charge in [-0.15, -0.1) is 13.2 Å². The maximum Gasteiger partial charge on any atom is 0.573 e. The molecule has 4 rings (SSSR count). The van der Waals surface area contributed by atoms with Crippen molar-refractivity contribution >= 4 is 16.9 Å². The zero-order chi connectivity index (χ0) is 19.4.